The first-order valence-corrected chi connectivity index (χ1v) is 11.5. The number of nitrogens with zero attached hydrogens (tertiary/aromatic N) is 1. The van der Waals surface area contributed by atoms with Crippen LogP contribution in [0.4, 0.5) is 0 Å². The lowest BCUT2D eigenvalue weighted by Crippen LogP contribution is -2.51. The van der Waals surface area contributed by atoms with Gasteiger partial charge in [0.15, 0.2) is 0 Å². The van der Waals surface area contributed by atoms with Gasteiger partial charge in [-0.05, 0) is 62.6 Å². The molecule has 3 aliphatic rings. The molecule has 32 heavy (non-hydrogen) atoms. The molecular weight excluding hydrogens is 408 g/mol. The fourth-order valence-corrected chi connectivity index (χ4v) is 5.46. The topological polar surface area (TPSA) is 104 Å². The second kappa shape index (κ2) is 8.15. The van der Waals surface area contributed by atoms with Gasteiger partial charge in [-0.1, -0.05) is 6.07 Å². The number of likely N-dealkylation sites (tertiary alicyclic amines) is 1. The molecule has 3 heterocycles. The van der Waals surface area contributed by atoms with Gasteiger partial charge in [-0.3, -0.25) is 14.4 Å². The molecule has 0 bridgehead atoms. The van der Waals surface area contributed by atoms with E-state index in [-0.39, 0.29) is 35.6 Å². The van der Waals surface area contributed by atoms with Crippen molar-refractivity contribution in [2.75, 3.05) is 20.2 Å². The minimum atomic E-state index is -0.455. The molecule has 0 radical (unpaired) electrons. The Balaban J connectivity index is 1.29. The molecular formula is C24H30N4O4. The number of carbonyl (C=O) groups is 3. The molecule has 2 aromatic rings. The van der Waals surface area contributed by atoms with Crippen LogP contribution in [0.5, 0.6) is 5.75 Å². The van der Waals surface area contributed by atoms with Crippen molar-refractivity contribution >= 4 is 28.6 Å². The highest BCUT2D eigenvalue weighted by Gasteiger charge is 2.57. The average Bonchev–Trinajstić information content (AvgIpc) is 3.23. The predicted octanol–water partition coefficient (Wildman–Crippen LogP) is 2.06. The highest BCUT2D eigenvalue weighted by Crippen LogP contribution is 2.50. The summed E-state index contributed by atoms with van der Waals surface area (Å²) in [5.41, 5.74) is 1.30. The Bertz CT molecular complexity index is 1060. The molecule has 1 aliphatic carbocycles. The zero-order valence-corrected chi connectivity index (χ0v) is 18.5. The number of H-pyrrole nitrogens is 1. The zero-order chi connectivity index (χ0) is 22.4. The van der Waals surface area contributed by atoms with Crippen LogP contribution in [0, 0.1) is 17.8 Å². The number of amides is 3. The third-order valence-corrected chi connectivity index (χ3v) is 7.18. The van der Waals surface area contributed by atoms with E-state index in [0.29, 0.717) is 30.3 Å². The standard InChI is InChI=1S/C24H30N4O4/c1-13(9-14-5-4-8-25-22(14)29)26-23(30)21-16-10-15(16)12-28(21)24(31)19-11-17-18(27-19)6-3-7-20(17)32-2/h3,6-7,11,13-16,21,27H,4-5,8-10,12H2,1-2H3,(H,25,29)(H,26,30)/t13-,14+,15+,16+,21?/m1/s1. The SMILES string of the molecule is COc1cccc2[nH]c(C(=O)N3C[C@@H]4C[C@@H]4C3C(=O)N[C@H](C)C[C@@H]3CCCNC3=O)cc12. The van der Waals surface area contributed by atoms with Crippen molar-refractivity contribution in [1.82, 2.24) is 20.5 Å². The van der Waals surface area contributed by atoms with Crippen molar-refractivity contribution < 1.29 is 19.1 Å². The van der Waals surface area contributed by atoms with E-state index in [4.69, 9.17) is 4.74 Å². The number of fused-ring (bicyclic) bond motifs is 2. The number of benzene rings is 1. The summed E-state index contributed by atoms with van der Waals surface area (Å²) in [6, 6.07) is 6.87. The summed E-state index contributed by atoms with van der Waals surface area (Å²) in [7, 11) is 1.61. The molecule has 3 fully saturated rings. The highest BCUT2D eigenvalue weighted by atomic mass is 16.5. The molecule has 5 atom stereocenters. The molecule has 1 saturated carbocycles. The predicted molar refractivity (Wildman–Crippen MR) is 119 cm³/mol. The van der Waals surface area contributed by atoms with Gasteiger partial charge in [0.2, 0.25) is 11.8 Å². The van der Waals surface area contributed by atoms with Gasteiger partial charge in [-0.15, -0.1) is 0 Å². The van der Waals surface area contributed by atoms with Crippen molar-refractivity contribution in [3.63, 3.8) is 0 Å². The normalized spacial score (nSPS) is 27.6. The Kier molecular flexibility index (Phi) is 5.31. The van der Waals surface area contributed by atoms with E-state index in [1.807, 2.05) is 25.1 Å². The Morgan fingerprint density at radius 1 is 1.34 bits per heavy atom. The zero-order valence-electron chi connectivity index (χ0n) is 18.5. The fraction of sp³-hybridized carbons (Fsp3) is 0.542. The number of carbonyl (C=O) groups excluding carboxylic acids is 3. The van der Waals surface area contributed by atoms with Crippen LogP contribution in [0.1, 0.15) is 43.1 Å². The fourth-order valence-electron chi connectivity index (χ4n) is 5.46. The lowest BCUT2D eigenvalue weighted by Gasteiger charge is -2.29. The van der Waals surface area contributed by atoms with Crippen LogP contribution in [-0.4, -0.2) is 59.9 Å². The van der Waals surface area contributed by atoms with E-state index in [2.05, 4.69) is 15.6 Å². The number of aromatic amines is 1. The molecule has 2 saturated heterocycles. The van der Waals surface area contributed by atoms with Gasteiger partial charge in [0.25, 0.3) is 5.91 Å². The molecule has 0 spiro atoms. The van der Waals surface area contributed by atoms with Gasteiger partial charge < -0.3 is 25.3 Å². The smallest absolute Gasteiger partial charge is 0.271 e. The van der Waals surface area contributed by atoms with Gasteiger partial charge >= 0.3 is 0 Å². The lowest BCUT2D eigenvalue weighted by atomic mass is 9.92. The van der Waals surface area contributed by atoms with Crippen molar-refractivity contribution in [1.29, 1.82) is 0 Å². The molecule has 8 nitrogen and oxygen atoms in total. The minimum Gasteiger partial charge on any atom is -0.496 e. The Morgan fingerprint density at radius 2 is 2.19 bits per heavy atom. The number of hydrogen-bond acceptors (Lipinski definition) is 4. The molecule has 3 amide bonds. The van der Waals surface area contributed by atoms with Crippen LogP contribution in [0.2, 0.25) is 0 Å². The van der Waals surface area contributed by atoms with Crippen LogP contribution in [-0.2, 0) is 9.59 Å². The maximum atomic E-state index is 13.4. The quantitative estimate of drug-likeness (QED) is 0.642. The summed E-state index contributed by atoms with van der Waals surface area (Å²) < 4.78 is 5.41. The summed E-state index contributed by atoms with van der Waals surface area (Å²) in [5, 5.41) is 6.84. The second-order valence-electron chi connectivity index (χ2n) is 9.44. The van der Waals surface area contributed by atoms with Gasteiger partial charge in [-0.25, -0.2) is 0 Å². The summed E-state index contributed by atoms with van der Waals surface area (Å²) >= 11 is 0. The van der Waals surface area contributed by atoms with Crippen molar-refractivity contribution in [3.8, 4) is 5.75 Å². The van der Waals surface area contributed by atoms with Gasteiger partial charge in [0, 0.05) is 36.0 Å². The molecule has 170 valence electrons. The molecule has 3 N–H and O–H groups in total. The Morgan fingerprint density at radius 3 is 2.97 bits per heavy atom. The Labute approximate surface area is 187 Å². The molecule has 5 rings (SSSR count). The van der Waals surface area contributed by atoms with Crippen molar-refractivity contribution in [2.24, 2.45) is 17.8 Å². The number of methoxy groups -OCH3 is 1. The average molecular weight is 439 g/mol. The monoisotopic (exact) mass is 438 g/mol. The molecule has 1 unspecified atom stereocenters. The van der Waals surface area contributed by atoms with Crippen LogP contribution in [0.15, 0.2) is 24.3 Å². The maximum absolute atomic E-state index is 13.4. The third-order valence-electron chi connectivity index (χ3n) is 7.18. The molecule has 8 heteroatoms. The summed E-state index contributed by atoms with van der Waals surface area (Å²) in [6.45, 7) is 3.28. The summed E-state index contributed by atoms with van der Waals surface area (Å²) in [4.78, 5) is 43.5. The molecule has 1 aromatic heterocycles. The van der Waals surface area contributed by atoms with Crippen molar-refractivity contribution in [3.05, 3.63) is 30.0 Å². The summed E-state index contributed by atoms with van der Waals surface area (Å²) in [5.74, 6) is 1.07. The summed E-state index contributed by atoms with van der Waals surface area (Å²) in [6.07, 6.45) is 3.44. The van der Waals surface area contributed by atoms with E-state index in [9.17, 15) is 14.4 Å². The third kappa shape index (κ3) is 3.72. The van der Waals surface area contributed by atoms with Crippen LogP contribution < -0.4 is 15.4 Å². The first-order valence-electron chi connectivity index (χ1n) is 11.5. The van der Waals surface area contributed by atoms with Gasteiger partial charge in [0.05, 0.1) is 7.11 Å². The van der Waals surface area contributed by atoms with E-state index in [1.54, 1.807) is 18.1 Å². The molecule has 2 aliphatic heterocycles. The Hall–Kier alpha value is -3.03. The van der Waals surface area contributed by atoms with E-state index >= 15 is 0 Å². The largest absolute Gasteiger partial charge is 0.496 e. The van der Waals surface area contributed by atoms with E-state index < -0.39 is 6.04 Å². The number of nitrogens with one attached hydrogen (secondary N) is 3. The number of piperidine rings is 2. The van der Waals surface area contributed by atoms with Crippen LogP contribution in [0.3, 0.4) is 0 Å². The number of aromatic nitrogens is 1. The first-order chi connectivity index (χ1) is 15.5. The van der Waals surface area contributed by atoms with Crippen LogP contribution >= 0.6 is 0 Å². The number of rotatable bonds is 6. The maximum Gasteiger partial charge on any atom is 0.271 e. The minimum absolute atomic E-state index is 0.0598. The number of ether oxygens (including phenoxy) is 1. The highest BCUT2D eigenvalue weighted by molar-refractivity contribution is 6.02. The van der Waals surface area contributed by atoms with E-state index in [1.165, 1.54) is 0 Å². The number of hydrogen-bond donors (Lipinski definition) is 3. The lowest BCUT2D eigenvalue weighted by molar-refractivity contribution is -0.129. The second-order valence-corrected chi connectivity index (χ2v) is 9.44. The first kappa shape index (κ1) is 20.8. The van der Waals surface area contributed by atoms with Crippen molar-refractivity contribution in [2.45, 2.75) is 44.7 Å². The van der Waals surface area contributed by atoms with Gasteiger partial charge in [0.1, 0.15) is 17.5 Å². The van der Waals surface area contributed by atoms with Crippen LogP contribution in [0.25, 0.3) is 10.9 Å². The van der Waals surface area contributed by atoms with Gasteiger partial charge in [-0.2, -0.15) is 0 Å². The molecule has 1 aromatic carbocycles. The van der Waals surface area contributed by atoms with E-state index in [0.717, 1.165) is 36.7 Å².